The van der Waals surface area contributed by atoms with Gasteiger partial charge in [0.2, 0.25) is 5.95 Å². The van der Waals surface area contributed by atoms with Gasteiger partial charge in [0.25, 0.3) is 0 Å². The van der Waals surface area contributed by atoms with Crippen LogP contribution in [0.25, 0.3) is 11.1 Å². The Morgan fingerprint density at radius 1 is 1.22 bits per heavy atom. The average molecular weight is 490 g/mol. The minimum absolute atomic E-state index is 0.0300. The van der Waals surface area contributed by atoms with E-state index in [1.54, 1.807) is 37.5 Å². The molecule has 3 aromatic rings. The number of fused-ring (bicyclic) bond motifs is 1. The molecule has 9 nitrogen and oxygen atoms in total. The van der Waals surface area contributed by atoms with Crippen LogP contribution in [0.4, 0.5) is 15.1 Å². The first-order valence-electron chi connectivity index (χ1n) is 11.8. The summed E-state index contributed by atoms with van der Waals surface area (Å²) in [6.07, 6.45) is 4.41. The second kappa shape index (κ2) is 9.52. The normalized spacial score (nSPS) is 18.5. The third kappa shape index (κ3) is 4.58. The number of carbonyl (C=O) groups is 1. The Morgan fingerprint density at radius 2 is 2.03 bits per heavy atom. The lowest BCUT2D eigenvalue weighted by molar-refractivity contribution is -0.0375. The lowest BCUT2D eigenvalue weighted by Gasteiger charge is -2.38. The van der Waals surface area contributed by atoms with Crippen molar-refractivity contribution in [3.63, 3.8) is 0 Å². The number of urea groups is 1. The van der Waals surface area contributed by atoms with E-state index in [2.05, 4.69) is 20.1 Å². The molecule has 3 heterocycles. The van der Waals surface area contributed by atoms with E-state index >= 15 is 0 Å². The van der Waals surface area contributed by atoms with Gasteiger partial charge in [-0.2, -0.15) is 0 Å². The molecule has 2 aliphatic rings. The number of hydrogen-bond acceptors (Lipinski definition) is 7. The van der Waals surface area contributed by atoms with Gasteiger partial charge in [0.15, 0.2) is 6.10 Å². The Hall–Kier alpha value is -4.08. The SMILES string of the molecule is Cc1nc(N)nc2c1/C(=N/OC1CN(C(=O)N(C)C)C1)CC(c1ccc(F)cc1-c1cccnc1)C2. The maximum absolute atomic E-state index is 14.3. The van der Waals surface area contributed by atoms with Gasteiger partial charge in [0.05, 0.1) is 30.2 Å². The molecule has 1 atom stereocenters. The van der Waals surface area contributed by atoms with Crippen LogP contribution in [-0.4, -0.2) is 69.8 Å². The van der Waals surface area contributed by atoms with Crippen molar-refractivity contribution in [3.8, 4) is 11.1 Å². The van der Waals surface area contributed by atoms with Crippen LogP contribution in [0.3, 0.4) is 0 Å². The Kier molecular flexibility index (Phi) is 6.26. The van der Waals surface area contributed by atoms with Crippen LogP contribution in [0.2, 0.25) is 0 Å². The van der Waals surface area contributed by atoms with Crippen LogP contribution in [0.5, 0.6) is 0 Å². The van der Waals surface area contributed by atoms with E-state index in [9.17, 15) is 9.18 Å². The van der Waals surface area contributed by atoms with Gasteiger partial charge in [-0.3, -0.25) is 4.98 Å². The highest BCUT2D eigenvalue weighted by Gasteiger charge is 2.35. The van der Waals surface area contributed by atoms with Crippen LogP contribution >= 0.6 is 0 Å². The number of oxime groups is 1. The summed E-state index contributed by atoms with van der Waals surface area (Å²) < 4.78 is 14.3. The van der Waals surface area contributed by atoms with Gasteiger partial charge in [-0.25, -0.2) is 19.2 Å². The summed E-state index contributed by atoms with van der Waals surface area (Å²) in [5, 5.41) is 4.53. The summed E-state index contributed by atoms with van der Waals surface area (Å²) in [5.41, 5.74) is 11.7. The van der Waals surface area contributed by atoms with Crippen molar-refractivity contribution in [1.29, 1.82) is 0 Å². The third-order valence-corrected chi connectivity index (χ3v) is 6.59. The number of anilines is 1. The summed E-state index contributed by atoms with van der Waals surface area (Å²) in [7, 11) is 3.44. The van der Waals surface area contributed by atoms with Crippen molar-refractivity contribution in [1.82, 2.24) is 24.8 Å². The van der Waals surface area contributed by atoms with Crippen molar-refractivity contribution in [2.75, 3.05) is 32.9 Å². The molecule has 1 saturated heterocycles. The molecule has 5 rings (SSSR count). The second-order valence-electron chi connectivity index (χ2n) is 9.41. The zero-order valence-corrected chi connectivity index (χ0v) is 20.5. The molecule has 1 aliphatic carbocycles. The van der Waals surface area contributed by atoms with Crippen LogP contribution in [0, 0.1) is 12.7 Å². The number of aromatic nitrogens is 3. The largest absolute Gasteiger partial charge is 0.388 e. The summed E-state index contributed by atoms with van der Waals surface area (Å²) in [6.45, 7) is 2.83. The fourth-order valence-corrected chi connectivity index (χ4v) is 4.86. The van der Waals surface area contributed by atoms with Gasteiger partial charge in [-0.15, -0.1) is 0 Å². The lowest BCUT2D eigenvalue weighted by Crippen LogP contribution is -2.57. The third-order valence-electron chi connectivity index (χ3n) is 6.59. The molecule has 2 amide bonds. The molecule has 0 bridgehead atoms. The molecule has 1 aliphatic heterocycles. The first-order valence-corrected chi connectivity index (χ1v) is 11.8. The Bertz CT molecular complexity index is 1320. The number of halogens is 1. The maximum atomic E-state index is 14.3. The van der Waals surface area contributed by atoms with E-state index in [1.807, 2.05) is 25.1 Å². The number of nitrogens with zero attached hydrogens (tertiary/aromatic N) is 6. The predicted molar refractivity (Wildman–Crippen MR) is 134 cm³/mol. The van der Waals surface area contributed by atoms with Crippen molar-refractivity contribution in [2.24, 2.45) is 5.16 Å². The highest BCUT2D eigenvalue weighted by atomic mass is 19.1. The number of amides is 2. The summed E-state index contributed by atoms with van der Waals surface area (Å²) in [5.74, 6) is -0.136. The van der Waals surface area contributed by atoms with Gasteiger partial charge in [-0.05, 0) is 48.6 Å². The van der Waals surface area contributed by atoms with Gasteiger partial charge >= 0.3 is 6.03 Å². The predicted octanol–water partition coefficient (Wildman–Crippen LogP) is 3.38. The van der Waals surface area contributed by atoms with Crippen molar-refractivity contribution in [2.45, 2.75) is 31.8 Å². The van der Waals surface area contributed by atoms with E-state index in [0.29, 0.717) is 25.9 Å². The van der Waals surface area contributed by atoms with Crippen molar-refractivity contribution >= 4 is 17.7 Å². The molecule has 36 heavy (non-hydrogen) atoms. The minimum atomic E-state index is -0.310. The monoisotopic (exact) mass is 489 g/mol. The summed E-state index contributed by atoms with van der Waals surface area (Å²) in [6, 6.07) is 8.54. The quantitative estimate of drug-likeness (QED) is 0.563. The molecule has 1 aromatic carbocycles. The van der Waals surface area contributed by atoms with Crippen LogP contribution < -0.4 is 5.73 Å². The molecule has 2 aromatic heterocycles. The standard InChI is InChI=1S/C26H28FN7O2/c1-15-24-22(31-25(28)30-15)9-17(10-23(24)32-36-19-13-34(14-19)26(35)33(2)3)20-7-6-18(27)11-21(20)16-5-4-8-29-12-16/h4-8,11-12,17,19H,9-10,13-14H2,1-3H3,(H2,28,30,31)/b32-23+. The van der Waals surface area contributed by atoms with E-state index in [-0.39, 0.29) is 29.8 Å². The topological polar surface area (TPSA) is 110 Å². The Morgan fingerprint density at radius 3 is 2.75 bits per heavy atom. The van der Waals surface area contributed by atoms with E-state index < -0.39 is 0 Å². The number of nitrogens with two attached hydrogens (primary N) is 1. The van der Waals surface area contributed by atoms with Crippen molar-refractivity contribution in [3.05, 3.63) is 71.1 Å². The van der Waals surface area contributed by atoms with Crippen LogP contribution in [0.15, 0.2) is 47.9 Å². The summed E-state index contributed by atoms with van der Waals surface area (Å²) >= 11 is 0. The zero-order valence-electron chi connectivity index (χ0n) is 20.5. The molecular formula is C26H28FN7O2. The Balaban J connectivity index is 1.47. The molecule has 0 spiro atoms. The highest BCUT2D eigenvalue weighted by Crippen LogP contribution is 2.38. The molecule has 1 fully saturated rings. The molecule has 2 N–H and O–H groups in total. The molecule has 10 heteroatoms. The van der Waals surface area contributed by atoms with Gasteiger partial charge in [0, 0.05) is 44.0 Å². The molecule has 0 radical (unpaired) electrons. The van der Waals surface area contributed by atoms with E-state index in [1.165, 1.54) is 11.0 Å². The minimum Gasteiger partial charge on any atom is -0.388 e. The number of benzene rings is 1. The first-order chi connectivity index (χ1) is 17.3. The zero-order chi connectivity index (χ0) is 25.4. The number of likely N-dealkylation sites (tertiary alicyclic amines) is 1. The number of rotatable bonds is 4. The Labute approximate surface area is 208 Å². The smallest absolute Gasteiger partial charge is 0.319 e. The molecular weight excluding hydrogens is 461 g/mol. The van der Waals surface area contributed by atoms with E-state index in [4.69, 9.17) is 10.6 Å². The number of nitrogen functional groups attached to an aromatic ring is 1. The first kappa shape index (κ1) is 23.7. The molecule has 0 saturated carbocycles. The van der Waals surface area contributed by atoms with Crippen molar-refractivity contribution < 1.29 is 14.0 Å². The molecule has 186 valence electrons. The molecule has 1 unspecified atom stereocenters. The van der Waals surface area contributed by atoms with Gasteiger partial charge in [-0.1, -0.05) is 17.3 Å². The fraction of sp³-hybridized carbons (Fsp3) is 0.346. The van der Waals surface area contributed by atoms with Gasteiger partial charge in [0.1, 0.15) is 5.82 Å². The van der Waals surface area contributed by atoms with E-state index in [0.717, 1.165) is 39.4 Å². The lowest BCUT2D eigenvalue weighted by atomic mass is 9.78. The average Bonchev–Trinajstić information content (AvgIpc) is 2.82. The summed E-state index contributed by atoms with van der Waals surface area (Å²) in [4.78, 5) is 34.3. The van der Waals surface area contributed by atoms with Crippen LogP contribution in [0.1, 0.15) is 34.9 Å². The number of aryl methyl sites for hydroxylation is 1. The number of carbonyl (C=O) groups excluding carboxylic acids is 1. The fourth-order valence-electron chi connectivity index (χ4n) is 4.86. The number of hydrogen-bond donors (Lipinski definition) is 1. The second-order valence-corrected chi connectivity index (χ2v) is 9.41. The van der Waals surface area contributed by atoms with Crippen LogP contribution in [-0.2, 0) is 11.3 Å². The maximum Gasteiger partial charge on any atom is 0.319 e. The number of pyridine rings is 1. The van der Waals surface area contributed by atoms with Gasteiger partial charge < -0.3 is 20.4 Å². The highest BCUT2D eigenvalue weighted by molar-refractivity contribution is 6.03.